The van der Waals surface area contributed by atoms with Gasteiger partial charge < -0.3 is 30.4 Å². The molecule has 0 unspecified atom stereocenters. The summed E-state index contributed by atoms with van der Waals surface area (Å²) in [5, 5.41) is 4.05. The van der Waals surface area contributed by atoms with Crippen molar-refractivity contribution >= 4 is 11.8 Å². The van der Waals surface area contributed by atoms with Gasteiger partial charge in [0, 0.05) is 5.56 Å². The Morgan fingerprint density at radius 1 is 0.900 bits per heavy atom. The number of carbonyl (C=O) groups is 1. The van der Waals surface area contributed by atoms with Crippen LogP contribution in [-0.2, 0) is 24.5 Å². The van der Waals surface area contributed by atoms with Crippen LogP contribution in [0.1, 0.15) is 42.2 Å². The third-order valence-corrected chi connectivity index (χ3v) is 7.51. The summed E-state index contributed by atoms with van der Waals surface area (Å²) in [7, 11) is 0. The molecule has 9 heteroatoms. The number of hydrogen-bond acceptors (Lipinski definition) is 7. The minimum Gasteiger partial charge on any atom is -0.383 e. The third kappa shape index (κ3) is 4.47. The highest BCUT2D eigenvalue weighted by Gasteiger charge is 2.57. The van der Waals surface area contributed by atoms with Crippen molar-refractivity contribution in [2.75, 3.05) is 12.3 Å². The van der Waals surface area contributed by atoms with Gasteiger partial charge in [-0.05, 0) is 30.5 Å². The smallest absolute Gasteiger partial charge is 0.341 e. The Kier molecular flexibility index (Phi) is 6.67. The van der Waals surface area contributed by atoms with Gasteiger partial charge in [-0.2, -0.15) is 9.78 Å². The topological polar surface area (TPSA) is 124 Å². The molecule has 2 saturated heterocycles. The van der Waals surface area contributed by atoms with E-state index in [0.717, 1.165) is 21.4 Å². The van der Waals surface area contributed by atoms with Crippen molar-refractivity contribution in [3.05, 3.63) is 119 Å². The lowest BCUT2D eigenvalue weighted by Crippen LogP contribution is -2.39. The molecule has 0 bridgehead atoms. The van der Waals surface area contributed by atoms with E-state index in [1.807, 2.05) is 68.4 Å². The van der Waals surface area contributed by atoms with Gasteiger partial charge in [0.1, 0.15) is 35.8 Å². The molecule has 1 aromatic heterocycles. The molecule has 4 aromatic rings. The van der Waals surface area contributed by atoms with Crippen molar-refractivity contribution in [2.24, 2.45) is 5.73 Å². The first-order chi connectivity index (χ1) is 19.3. The molecule has 3 heterocycles. The largest absolute Gasteiger partial charge is 0.383 e. The van der Waals surface area contributed by atoms with Gasteiger partial charge in [0.05, 0.1) is 12.8 Å². The Balaban J connectivity index is 1.39. The summed E-state index contributed by atoms with van der Waals surface area (Å²) in [6.45, 7) is 3.90. The number of amides is 1. The molecule has 2 fully saturated rings. The number of rotatable bonds is 7. The van der Waals surface area contributed by atoms with E-state index < -0.39 is 41.8 Å². The van der Waals surface area contributed by atoms with Crippen LogP contribution in [0.25, 0.3) is 0 Å². The molecular weight excluding hydrogens is 508 g/mol. The van der Waals surface area contributed by atoms with Crippen LogP contribution in [0.2, 0.25) is 0 Å². The summed E-state index contributed by atoms with van der Waals surface area (Å²) in [5.74, 6) is -0.738. The Morgan fingerprint density at radius 2 is 1.40 bits per heavy atom. The van der Waals surface area contributed by atoms with Crippen LogP contribution in [0.15, 0.2) is 97.2 Å². The van der Waals surface area contributed by atoms with Gasteiger partial charge in [-0.1, -0.05) is 91.0 Å². The summed E-state index contributed by atoms with van der Waals surface area (Å²) in [4.78, 5) is 11.8. The fourth-order valence-electron chi connectivity index (χ4n) is 5.81. The maximum atomic E-state index is 11.8. The number of hydrogen-bond donors (Lipinski definition) is 2. The average molecular weight is 541 g/mol. The second kappa shape index (κ2) is 10.2. The molecule has 4 N–H and O–H groups in total. The molecule has 9 nitrogen and oxygen atoms in total. The van der Waals surface area contributed by atoms with Gasteiger partial charge in [-0.3, -0.25) is 0 Å². The Labute approximate surface area is 232 Å². The van der Waals surface area contributed by atoms with Crippen molar-refractivity contribution in [1.82, 2.24) is 9.78 Å². The monoisotopic (exact) mass is 540 g/mol. The first kappa shape index (κ1) is 26.2. The molecule has 2 aliphatic rings. The van der Waals surface area contributed by atoms with E-state index >= 15 is 0 Å². The highest BCUT2D eigenvalue weighted by atomic mass is 16.8. The van der Waals surface area contributed by atoms with Crippen LogP contribution in [0.4, 0.5) is 10.6 Å². The Morgan fingerprint density at radius 3 is 1.88 bits per heavy atom. The fourth-order valence-corrected chi connectivity index (χ4v) is 5.81. The standard InChI is InChI=1S/C31H32N4O5/c1-30(2)39-26-24(38-25(27(26)40-30)23-18-34-35(28(23)32)29(33)36)19-37-31(20-12-6-3-7-13-20,21-14-8-4-9-15-21)22-16-10-5-11-17-22/h3-18,24-27H,19,32H2,1-2H3,(H2,33,36)/t24-,25-,26-,27+/m1/s1. The predicted octanol–water partition coefficient (Wildman–Crippen LogP) is 4.36. The zero-order valence-electron chi connectivity index (χ0n) is 22.3. The van der Waals surface area contributed by atoms with Crippen molar-refractivity contribution in [3.63, 3.8) is 0 Å². The number of primary amides is 1. The highest BCUT2D eigenvalue weighted by Crippen LogP contribution is 2.48. The fraction of sp³-hybridized carbons (Fsp3) is 0.290. The lowest BCUT2D eigenvalue weighted by atomic mass is 9.80. The molecule has 0 saturated carbocycles. The zero-order chi connectivity index (χ0) is 27.9. The second-order valence-corrected chi connectivity index (χ2v) is 10.5. The molecule has 1 amide bonds. The molecule has 2 aliphatic heterocycles. The molecule has 0 spiro atoms. The van der Waals surface area contributed by atoms with Gasteiger partial charge in [-0.25, -0.2) is 4.79 Å². The van der Waals surface area contributed by atoms with Crippen molar-refractivity contribution < 1.29 is 23.7 Å². The maximum Gasteiger partial charge on any atom is 0.341 e. The quantitative estimate of drug-likeness (QED) is 0.334. The maximum absolute atomic E-state index is 11.8. The molecule has 206 valence electrons. The van der Waals surface area contributed by atoms with Crippen LogP contribution in [0, 0.1) is 0 Å². The number of nitrogen functional groups attached to an aromatic ring is 1. The van der Waals surface area contributed by atoms with Gasteiger partial charge in [0.2, 0.25) is 0 Å². The number of nitrogens with two attached hydrogens (primary N) is 2. The van der Waals surface area contributed by atoms with Crippen LogP contribution in [0.5, 0.6) is 0 Å². The summed E-state index contributed by atoms with van der Waals surface area (Å²) < 4.78 is 27.1. The van der Waals surface area contributed by atoms with Crippen molar-refractivity contribution in [3.8, 4) is 0 Å². The van der Waals surface area contributed by atoms with Gasteiger partial charge in [0.25, 0.3) is 0 Å². The lowest BCUT2D eigenvalue weighted by molar-refractivity contribution is -0.196. The van der Waals surface area contributed by atoms with E-state index in [0.29, 0.717) is 5.56 Å². The van der Waals surface area contributed by atoms with E-state index in [1.54, 1.807) is 0 Å². The first-order valence-electron chi connectivity index (χ1n) is 13.2. The van der Waals surface area contributed by atoms with E-state index in [4.69, 9.17) is 30.4 Å². The summed E-state index contributed by atoms with van der Waals surface area (Å²) >= 11 is 0. The Hall–Kier alpha value is -4.02. The number of nitrogens with zero attached hydrogens (tertiary/aromatic N) is 2. The Bertz CT molecular complexity index is 1380. The third-order valence-electron chi connectivity index (χ3n) is 7.51. The number of benzene rings is 3. The number of carbonyl (C=O) groups excluding carboxylic acids is 1. The van der Waals surface area contributed by atoms with E-state index in [1.165, 1.54) is 6.20 Å². The first-order valence-corrected chi connectivity index (χ1v) is 13.2. The number of anilines is 1. The second-order valence-electron chi connectivity index (χ2n) is 10.5. The molecule has 3 aromatic carbocycles. The zero-order valence-corrected chi connectivity index (χ0v) is 22.3. The highest BCUT2D eigenvalue weighted by molar-refractivity contribution is 5.77. The van der Waals surface area contributed by atoms with Crippen LogP contribution in [-0.4, -0.2) is 46.5 Å². The lowest BCUT2D eigenvalue weighted by Gasteiger charge is -2.37. The summed E-state index contributed by atoms with van der Waals surface area (Å²) in [6, 6.07) is 29.6. The molecule has 0 aliphatic carbocycles. The molecule has 40 heavy (non-hydrogen) atoms. The minimum absolute atomic E-state index is 0.110. The summed E-state index contributed by atoms with van der Waals surface area (Å²) in [5.41, 5.74) is 14.2. The SMILES string of the molecule is CC1(C)O[C@@H]2[C@H](O1)[C@@H](COC(c1ccccc1)(c1ccccc1)c1ccccc1)O[C@@H]2c1cnn(C(N)=O)c1N. The van der Waals surface area contributed by atoms with E-state index in [2.05, 4.69) is 41.5 Å². The van der Waals surface area contributed by atoms with Crippen LogP contribution < -0.4 is 11.5 Å². The van der Waals surface area contributed by atoms with Gasteiger partial charge in [-0.15, -0.1) is 0 Å². The predicted molar refractivity (Wildman–Crippen MR) is 148 cm³/mol. The average Bonchev–Trinajstić information content (AvgIpc) is 3.61. The molecule has 6 rings (SSSR count). The molecule has 4 atom stereocenters. The van der Waals surface area contributed by atoms with Crippen molar-refractivity contribution in [2.45, 2.75) is 49.7 Å². The van der Waals surface area contributed by atoms with Crippen LogP contribution in [0.3, 0.4) is 0 Å². The normalized spacial score (nSPS) is 23.6. The van der Waals surface area contributed by atoms with Crippen molar-refractivity contribution in [1.29, 1.82) is 0 Å². The number of fused-ring (bicyclic) bond motifs is 1. The minimum atomic E-state index is -0.925. The number of aromatic nitrogens is 2. The van der Waals surface area contributed by atoms with Gasteiger partial charge in [0.15, 0.2) is 5.79 Å². The van der Waals surface area contributed by atoms with Crippen LogP contribution >= 0.6 is 0 Å². The van der Waals surface area contributed by atoms with Gasteiger partial charge >= 0.3 is 6.03 Å². The summed E-state index contributed by atoms with van der Waals surface area (Å²) in [6.07, 6.45) is -0.592. The molecular formula is C31H32N4O5. The van der Waals surface area contributed by atoms with E-state index in [-0.39, 0.29) is 12.4 Å². The molecule has 0 radical (unpaired) electrons. The number of ether oxygens (including phenoxy) is 4. The van der Waals surface area contributed by atoms with E-state index in [9.17, 15) is 4.79 Å².